The highest BCUT2D eigenvalue weighted by Gasteiger charge is 2.30. The number of likely N-dealkylation sites (tertiary alicyclic amines) is 1. The van der Waals surface area contributed by atoms with Gasteiger partial charge in [0.2, 0.25) is 5.91 Å². The molecule has 0 aliphatic carbocycles. The van der Waals surface area contributed by atoms with Crippen LogP contribution >= 0.6 is 0 Å². The van der Waals surface area contributed by atoms with Gasteiger partial charge in [0.15, 0.2) is 0 Å². The summed E-state index contributed by atoms with van der Waals surface area (Å²) in [5, 5.41) is 3.16. The summed E-state index contributed by atoms with van der Waals surface area (Å²) in [6.07, 6.45) is 1.54. The highest BCUT2D eigenvalue weighted by molar-refractivity contribution is 5.79. The zero-order valence-electron chi connectivity index (χ0n) is 8.34. The Balaban J connectivity index is 1.89. The van der Waals surface area contributed by atoms with E-state index in [-0.39, 0.29) is 11.8 Å². The molecule has 0 aromatic carbocycles. The van der Waals surface area contributed by atoms with E-state index in [1.807, 2.05) is 0 Å². The molecule has 0 saturated carbocycles. The molecule has 2 saturated heterocycles. The Labute approximate surface area is 83.6 Å². The van der Waals surface area contributed by atoms with Crippen molar-refractivity contribution in [2.45, 2.75) is 25.4 Å². The summed E-state index contributed by atoms with van der Waals surface area (Å²) in [7, 11) is 0. The SMILES string of the molecule is O=C(C1CCNC1)N1CCCC(F)C1. The van der Waals surface area contributed by atoms with E-state index in [4.69, 9.17) is 0 Å². The van der Waals surface area contributed by atoms with Crippen molar-refractivity contribution in [2.75, 3.05) is 26.2 Å². The molecule has 1 amide bonds. The number of rotatable bonds is 1. The van der Waals surface area contributed by atoms with Gasteiger partial charge in [-0.15, -0.1) is 0 Å². The lowest BCUT2D eigenvalue weighted by Gasteiger charge is -2.30. The average molecular weight is 200 g/mol. The van der Waals surface area contributed by atoms with Crippen LogP contribution in [-0.2, 0) is 4.79 Å². The highest BCUT2D eigenvalue weighted by Crippen LogP contribution is 2.18. The van der Waals surface area contributed by atoms with Gasteiger partial charge in [-0.2, -0.15) is 0 Å². The molecular weight excluding hydrogens is 183 g/mol. The predicted molar refractivity (Wildman–Crippen MR) is 51.7 cm³/mol. The van der Waals surface area contributed by atoms with Gasteiger partial charge in [0.25, 0.3) is 0 Å². The number of carbonyl (C=O) groups excluding carboxylic acids is 1. The Bertz CT molecular complexity index is 216. The lowest BCUT2D eigenvalue weighted by molar-refractivity contribution is -0.137. The number of hydrogen-bond donors (Lipinski definition) is 1. The third-order valence-corrected chi connectivity index (χ3v) is 3.09. The zero-order chi connectivity index (χ0) is 9.97. The molecule has 0 radical (unpaired) electrons. The summed E-state index contributed by atoms with van der Waals surface area (Å²) in [6, 6.07) is 0. The van der Waals surface area contributed by atoms with Crippen LogP contribution in [0.4, 0.5) is 4.39 Å². The smallest absolute Gasteiger partial charge is 0.227 e. The van der Waals surface area contributed by atoms with Gasteiger partial charge in [0.1, 0.15) is 6.17 Å². The van der Waals surface area contributed by atoms with Gasteiger partial charge in [-0.1, -0.05) is 0 Å². The first-order valence-electron chi connectivity index (χ1n) is 5.41. The van der Waals surface area contributed by atoms with Crippen LogP contribution in [0.3, 0.4) is 0 Å². The van der Waals surface area contributed by atoms with Crippen LogP contribution in [0.5, 0.6) is 0 Å². The van der Waals surface area contributed by atoms with Crippen LogP contribution in [-0.4, -0.2) is 43.2 Å². The standard InChI is InChI=1S/C10H17FN2O/c11-9-2-1-5-13(7-9)10(14)8-3-4-12-6-8/h8-9,12H,1-7H2. The molecule has 2 aliphatic heterocycles. The number of alkyl halides is 1. The Morgan fingerprint density at radius 3 is 2.93 bits per heavy atom. The summed E-state index contributed by atoms with van der Waals surface area (Å²) < 4.78 is 13.1. The molecule has 3 nitrogen and oxygen atoms in total. The Morgan fingerprint density at radius 1 is 1.43 bits per heavy atom. The molecule has 4 heteroatoms. The second-order valence-corrected chi connectivity index (χ2v) is 4.21. The highest BCUT2D eigenvalue weighted by atomic mass is 19.1. The zero-order valence-corrected chi connectivity index (χ0v) is 8.34. The van der Waals surface area contributed by atoms with E-state index < -0.39 is 6.17 Å². The summed E-state index contributed by atoms with van der Waals surface area (Å²) in [6.45, 7) is 2.75. The number of nitrogens with one attached hydrogen (secondary N) is 1. The number of carbonyl (C=O) groups is 1. The minimum atomic E-state index is -0.804. The van der Waals surface area contributed by atoms with Gasteiger partial charge in [0, 0.05) is 13.1 Å². The first-order chi connectivity index (χ1) is 6.77. The van der Waals surface area contributed by atoms with Crippen molar-refractivity contribution in [3.63, 3.8) is 0 Å². The predicted octanol–water partition coefficient (Wildman–Crippen LogP) is 0.556. The minimum Gasteiger partial charge on any atom is -0.340 e. The minimum absolute atomic E-state index is 0.0975. The van der Waals surface area contributed by atoms with Crippen molar-refractivity contribution in [2.24, 2.45) is 5.92 Å². The van der Waals surface area contributed by atoms with Crippen LogP contribution in [0.1, 0.15) is 19.3 Å². The van der Waals surface area contributed by atoms with Crippen molar-refractivity contribution >= 4 is 5.91 Å². The van der Waals surface area contributed by atoms with E-state index in [1.165, 1.54) is 0 Å². The Morgan fingerprint density at radius 2 is 2.29 bits per heavy atom. The van der Waals surface area contributed by atoms with E-state index in [9.17, 15) is 9.18 Å². The molecule has 2 aliphatic rings. The van der Waals surface area contributed by atoms with Crippen molar-refractivity contribution in [3.05, 3.63) is 0 Å². The summed E-state index contributed by atoms with van der Waals surface area (Å²) in [5.41, 5.74) is 0. The molecule has 2 atom stereocenters. The third-order valence-electron chi connectivity index (χ3n) is 3.09. The van der Waals surface area contributed by atoms with Gasteiger partial charge < -0.3 is 10.2 Å². The van der Waals surface area contributed by atoms with Gasteiger partial charge in [0.05, 0.1) is 12.5 Å². The maximum absolute atomic E-state index is 13.1. The summed E-state index contributed by atoms with van der Waals surface area (Å²) >= 11 is 0. The van der Waals surface area contributed by atoms with Gasteiger partial charge in [-0.05, 0) is 25.8 Å². The molecule has 14 heavy (non-hydrogen) atoms. The van der Waals surface area contributed by atoms with Crippen LogP contribution in [0.25, 0.3) is 0 Å². The quantitative estimate of drug-likeness (QED) is 0.670. The maximum Gasteiger partial charge on any atom is 0.227 e. The van der Waals surface area contributed by atoms with Crippen molar-refractivity contribution in [1.29, 1.82) is 0 Å². The third kappa shape index (κ3) is 2.05. The van der Waals surface area contributed by atoms with Crippen LogP contribution in [0, 0.1) is 5.92 Å². The second kappa shape index (κ2) is 4.26. The van der Waals surface area contributed by atoms with Crippen LogP contribution in [0.2, 0.25) is 0 Å². The first-order valence-corrected chi connectivity index (χ1v) is 5.41. The van der Waals surface area contributed by atoms with E-state index in [0.29, 0.717) is 13.0 Å². The normalized spacial score (nSPS) is 33.4. The Hall–Kier alpha value is -0.640. The summed E-state index contributed by atoms with van der Waals surface area (Å²) in [4.78, 5) is 13.6. The first kappa shape index (κ1) is 9.90. The molecule has 2 heterocycles. The molecule has 1 N–H and O–H groups in total. The van der Waals surface area contributed by atoms with Crippen molar-refractivity contribution in [1.82, 2.24) is 10.2 Å². The lowest BCUT2D eigenvalue weighted by atomic mass is 10.0. The molecule has 80 valence electrons. The van der Waals surface area contributed by atoms with Crippen molar-refractivity contribution in [3.8, 4) is 0 Å². The number of hydrogen-bond acceptors (Lipinski definition) is 2. The topological polar surface area (TPSA) is 32.3 Å². The van der Waals surface area contributed by atoms with Gasteiger partial charge >= 0.3 is 0 Å². The fraction of sp³-hybridized carbons (Fsp3) is 0.900. The Kier molecular flexibility index (Phi) is 3.01. The molecule has 0 aromatic heterocycles. The second-order valence-electron chi connectivity index (χ2n) is 4.21. The number of nitrogens with zero attached hydrogens (tertiary/aromatic N) is 1. The summed E-state index contributed by atoms with van der Waals surface area (Å²) in [5.74, 6) is 0.248. The van der Waals surface area contributed by atoms with E-state index in [2.05, 4.69) is 5.32 Å². The monoisotopic (exact) mass is 200 g/mol. The van der Waals surface area contributed by atoms with E-state index in [0.717, 1.165) is 32.5 Å². The van der Waals surface area contributed by atoms with Gasteiger partial charge in [-0.3, -0.25) is 4.79 Å². The number of amides is 1. The fourth-order valence-electron chi connectivity index (χ4n) is 2.25. The fourth-order valence-corrected chi connectivity index (χ4v) is 2.25. The molecule has 0 aromatic rings. The average Bonchev–Trinajstić information content (AvgIpc) is 2.69. The molecule has 0 spiro atoms. The molecule has 2 fully saturated rings. The molecule has 0 bridgehead atoms. The molecule has 2 rings (SSSR count). The van der Waals surface area contributed by atoms with Crippen LogP contribution < -0.4 is 5.32 Å². The number of halogens is 1. The lowest BCUT2D eigenvalue weighted by Crippen LogP contribution is -2.44. The van der Waals surface area contributed by atoms with Crippen LogP contribution in [0.15, 0.2) is 0 Å². The van der Waals surface area contributed by atoms with Gasteiger partial charge in [-0.25, -0.2) is 4.39 Å². The molecule has 2 unspecified atom stereocenters. The van der Waals surface area contributed by atoms with E-state index in [1.54, 1.807) is 4.90 Å². The van der Waals surface area contributed by atoms with E-state index >= 15 is 0 Å². The maximum atomic E-state index is 13.1. The van der Waals surface area contributed by atoms with Crippen molar-refractivity contribution < 1.29 is 9.18 Å². The largest absolute Gasteiger partial charge is 0.340 e. The molecular formula is C10H17FN2O. The number of piperidine rings is 1.